The minimum atomic E-state index is -4.62. The van der Waals surface area contributed by atoms with Gasteiger partial charge < -0.3 is 21.1 Å². The highest BCUT2D eigenvalue weighted by Crippen LogP contribution is 2.26. The van der Waals surface area contributed by atoms with E-state index < -0.39 is 60.5 Å². The number of amides is 4. The lowest BCUT2D eigenvalue weighted by Gasteiger charge is -2.29. The Morgan fingerprint density at radius 1 is 1.10 bits per heavy atom. The van der Waals surface area contributed by atoms with Gasteiger partial charge in [0.15, 0.2) is 0 Å². The summed E-state index contributed by atoms with van der Waals surface area (Å²) in [4.78, 5) is 60.6. The van der Waals surface area contributed by atoms with E-state index >= 15 is 0 Å². The van der Waals surface area contributed by atoms with Crippen molar-refractivity contribution in [3.63, 3.8) is 0 Å². The second kappa shape index (κ2) is 15.5. The monoisotopic (exact) mass is 585 g/mol. The number of carbonyl (C=O) groups excluding carboxylic acids is 5. The molecule has 14 heteroatoms. The molecule has 0 radical (unpaired) electrons. The summed E-state index contributed by atoms with van der Waals surface area (Å²) in [5.74, 6) is -3.11. The Morgan fingerprint density at radius 2 is 1.76 bits per heavy atom. The lowest BCUT2D eigenvalue weighted by Crippen LogP contribution is -2.56. The number of carbonyl (C=O) groups is 5. The van der Waals surface area contributed by atoms with Crippen molar-refractivity contribution in [1.82, 2.24) is 15.5 Å². The van der Waals surface area contributed by atoms with Gasteiger partial charge in [-0.15, -0.1) is 0 Å². The SMILES string of the molecule is CC(=O)OCc1ccc(NC(=O)CNC(=O)C(NC(CCCCCN2C(=O)CC(N)C2=O)C(F)(F)F)C(C)C)cc1. The summed E-state index contributed by atoms with van der Waals surface area (Å²) in [6, 6.07) is 2.42. The fourth-order valence-electron chi connectivity index (χ4n) is 4.22. The number of benzene rings is 1. The predicted octanol–water partition coefficient (Wildman–Crippen LogP) is 2.00. The van der Waals surface area contributed by atoms with Gasteiger partial charge in [0.1, 0.15) is 12.6 Å². The Balaban J connectivity index is 1.84. The maximum atomic E-state index is 13.8. The van der Waals surface area contributed by atoms with E-state index in [1.165, 1.54) is 6.92 Å². The lowest BCUT2D eigenvalue weighted by atomic mass is 10.00. The summed E-state index contributed by atoms with van der Waals surface area (Å²) < 4.78 is 46.2. The Labute approximate surface area is 236 Å². The van der Waals surface area contributed by atoms with Crippen molar-refractivity contribution < 1.29 is 41.9 Å². The molecule has 0 aromatic heterocycles. The van der Waals surface area contributed by atoms with Gasteiger partial charge in [-0.1, -0.05) is 38.8 Å². The first-order chi connectivity index (χ1) is 19.2. The molecule has 0 spiro atoms. The number of hydrogen-bond acceptors (Lipinski definition) is 8. The van der Waals surface area contributed by atoms with Crippen molar-refractivity contribution in [2.24, 2.45) is 11.7 Å². The molecule has 0 saturated carbocycles. The molecular weight excluding hydrogens is 547 g/mol. The van der Waals surface area contributed by atoms with Gasteiger partial charge in [-0.05, 0) is 36.5 Å². The molecule has 1 fully saturated rings. The maximum Gasteiger partial charge on any atom is 0.403 e. The van der Waals surface area contributed by atoms with Gasteiger partial charge in [0.25, 0.3) is 0 Å². The Kier molecular flexibility index (Phi) is 12.7. The van der Waals surface area contributed by atoms with Crippen LogP contribution in [0, 0.1) is 5.92 Å². The second-order valence-corrected chi connectivity index (χ2v) is 10.3. The van der Waals surface area contributed by atoms with Crippen molar-refractivity contribution in [2.45, 2.75) is 83.8 Å². The molecule has 1 aromatic rings. The number of halogens is 3. The van der Waals surface area contributed by atoms with Crippen LogP contribution >= 0.6 is 0 Å². The van der Waals surface area contributed by atoms with Crippen LogP contribution in [0.2, 0.25) is 0 Å². The number of anilines is 1. The summed E-state index contributed by atoms with van der Waals surface area (Å²) in [6.45, 7) is 4.21. The van der Waals surface area contributed by atoms with Crippen LogP contribution in [0.25, 0.3) is 0 Å². The van der Waals surface area contributed by atoms with E-state index in [1.54, 1.807) is 38.1 Å². The van der Waals surface area contributed by atoms with Gasteiger partial charge in [0.2, 0.25) is 23.6 Å². The molecule has 1 aromatic carbocycles. The van der Waals surface area contributed by atoms with E-state index in [1.807, 2.05) is 0 Å². The van der Waals surface area contributed by atoms with E-state index in [0.29, 0.717) is 24.1 Å². The third kappa shape index (κ3) is 11.1. The van der Waals surface area contributed by atoms with E-state index in [2.05, 4.69) is 16.0 Å². The fraction of sp³-hybridized carbons (Fsp3) is 0.593. The number of unbranched alkanes of at least 4 members (excludes halogenated alkanes) is 2. The number of nitrogens with zero attached hydrogens (tertiary/aromatic N) is 1. The summed E-state index contributed by atoms with van der Waals surface area (Å²) in [5, 5.41) is 7.37. The zero-order chi connectivity index (χ0) is 30.7. The highest BCUT2D eigenvalue weighted by atomic mass is 19.4. The number of imide groups is 1. The smallest absolute Gasteiger partial charge is 0.403 e. The molecule has 0 bridgehead atoms. The minimum Gasteiger partial charge on any atom is -0.461 e. The van der Waals surface area contributed by atoms with Crippen molar-refractivity contribution in [3.05, 3.63) is 29.8 Å². The Bertz CT molecular complexity index is 1080. The van der Waals surface area contributed by atoms with Crippen molar-refractivity contribution in [1.29, 1.82) is 0 Å². The molecule has 1 saturated heterocycles. The number of alkyl halides is 3. The first kappa shape index (κ1) is 33.7. The number of hydrogen-bond donors (Lipinski definition) is 4. The molecule has 41 heavy (non-hydrogen) atoms. The summed E-state index contributed by atoms with van der Waals surface area (Å²) in [7, 11) is 0. The summed E-state index contributed by atoms with van der Waals surface area (Å²) in [6.07, 6.45) is -4.17. The molecular formula is C27H38F3N5O6. The van der Waals surface area contributed by atoms with Crippen LogP contribution in [-0.4, -0.2) is 71.9 Å². The molecule has 3 unspecified atom stereocenters. The number of ether oxygens (including phenoxy) is 1. The average molecular weight is 586 g/mol. The van der Waals surface area contributed by atoms with Gasteiger partial charge in [0, 0.05) is 19.2 Å². The van der Waals surface area contributed by atoms with Crippen molar-refractivity contribution >= 4 is 35.3 Å². The predicted molar refractivity (Wildman–Crippen MR) is 143 cm³/mol. The van der Waals surface area contributed by atoms with E-state index in [4.69, 9.17) is 10.5 Å². The highest BCUT2D eigenvalue weighted by molar-refractivity contribution is 6.05. The zero-order valence-electron chi connectivity index (χ0n) is 23.4. The summed E-state index contributed by atoms with van der Waals surface area (Å²) >= 11 is 0. The summed E-state index contributed by atoms with van der Waals surface area (Å²) in [5.41, 5.74) is 6.68. The molecule has 0 aliphatic carbocycles. The first-order valence-electron chi connectivity index (χ1n) is 13.4. The number of rotatable bonds is 15. The molecule has 1 aliphatic rings. The zero-order valence-corrected chi connectivity index (χ0v) is 23.4. The quantitative estimate of drug-likeness (QED) is 0.138. The van der Waals surface area contributed by atoms with Crippen LogP contribution in [0.1, 0.15) is 58.4 Å². The van der Waals surface area contributed by atoms with Crippen molar-refractivity contribution in [3.8, 4) is 0 Å². The van der Waals surface area contributed by atoms with E-state index in [9.17, 15) is 37.1 Å². The van der Waals surface area contributed by atoms with Crippen LogP contribution in [0.5, 0.6) is 0 Å². The van der Waals surface area contributed by atoms with Crippen LogP contribution in [0.3, 0.4) is 0 Å². The van der Waals surface area contributed by atoms with Crippen LogP contribution < -0.4 is 21.7 Å². The number of nitrogens with one attached hydrogen (secondary N) is 3. The maximum absolute atomic E-state index is 13.8. The largest absolute Gasteiger partial charge is 0.461 e. The van der Waals surface area contributed by atoms with Gasteiger partial charge >= 0.3 is 12.1 Å². The topological polar surface area (TPSA) is 160 Å². The third-order valence-electron chi connectivity index (χ3n) is 6.48. The van der Waals surface area contributed by atoms with Gasteiger partial charge in [-0.3, -0.25) is 34.2 Å². The first-order valence-corrected chi connectivity index (χ1v) is 13.4. The highest BCUT2D eigenvalue weighted by Gasteiger charge is 2.42. The van der Waals surface area contributed by atoms with E-state index in [0.717, 1.165) is 4.90 Å². The lowest BCUT2D eigenvalue weighted by molar-refractivity contribution is -0.161. The van der Waals surface area contributed by atoms with Gasteiger partial charge in [0.05, 0.1) is 25.0 Å². The third-order valence-corrected chi connectivity index (χ3v) is 6.48. The molecule has 2 rings (SSSR count). The molecule has 11 nitrogen and oxygen atoms in total. The molecule has 5 N–H and O–H groups in total. The minimum absolute atomic E-state index is 0.0642. The van der Waals surface area contributed by atoms with Crippen LogP contribution in [-0.2, 0) is 35.3 Å². The van der Waals surface area contributed by atoms with Gasteiger partial charge in [-0.2, -0.15) is 13.2 Å². The normalized spacial score (nSPS) is 17.0. The van der Waals surface area contributed by atoms with Crippen molar-refractivity contribution in [2.75, 3.05) is 18.4 Å². The molecule has 1 heterocycles. The van der Waals surface area contributed by atoms with Gasteiger partial charge in [-0.25, -0.2) is 0 Å². The van der Waals surface area contributed by atoms with Crippen LogP contribution in [0.4, 0.5) is 18.9 Å². The van der Waals surface area contributed by atoms with E-state index in [-0.39, 0.29) is 38.3 Å². The fourth-order valence-corrected chi connectivity index (χ4v) is 4.22. The average Bonchev–Trinajstić information content (AvgIpc) is 3.13. The number of esters is 1. The Hall–Kier alpha value is -3.52. The Morgan fingerprint density at radius 3 is 2.29 bits per heavy atom. The molecule has 228 valence electrons. The number of likely N-dealkylation sites (tertiary alicyclic amines) is 1. The number of nitrogens with two attached hydrogens (primary N) is 1. The molecule has 4 amide bonds. The van der Waals surface area contributed by atoms with Crippen LogP contribution in [0.15, 0.2) is 24.3 Å². The molecule has 3 atom stereocenters. The second-order valence-electron chi connectivity index (χ2n) is 10.3. The standard InChI is InChI=1S/C27H38F3N5O6/c1-16(2)24(25(39)32-14-22(37)33-19-10-8-18(9-11-19)15-41-17(3)36)34-21(27(28,29)30)7-5-4-6-12-35-23(38)13-20(31)26(35)40/h8-11,16,20-21,24,34H,4-7,12-15,31H2,1-3H3,(H,32,39)(H,33,37). The molecule has 1 aliphatic heterocycles.